The van der Waals surface area contributed by atoms with Crippen LogP contribution in [-0.4, -0.2) is 30.1 Å². The maximum Gasteiger partial charge on any atom is 0.338 e. The standard InChI is InChI=1S/C18H21NO5/c1-12(2)10-23-15-5-3-13(4-6-15)7-8-19-17(20)16-9-14(11-24-16)18(21)22/h3-6,9,11-12H,7-8,10H2,1-2H3,(H,19,20)(H,21,22). The first-order valence-electron chi connectivity index (χ1n) is 7.77. The van der Waals surface area contributed by atoms with Gasteiger partial charge in [0, 0.05) is 12.6 Å². The summed E-state index contributed by atoms with van der Waals surface area (Å²) < 4.78 is 10.6. The molecule has 2 N–H and O–H groups in total. The van der Waals surface area contributed by atoms with Gasteiger partial charge in [0.15, 0.2) is 5.76 Å². The van der Waals surface area contributed by atoms with Crippen molar-refractivity contribution in [2.24, 2.45) is 5.92 Å². The van der Waals surface area contributed by atoms with E-state index in [1.807, 2.05) is 24.3 Å². The SMILES string of the molecule is CC(C)COc1ccc(CCNC(=O)c2cc(C(=O)O)co2)cc1. The lowest BCUT2D eigenvalue weighted by atomic mass is 10.1. The predicted octanol–water partition coefficient (Wildman–Crippen LogP) is 2.99. The lowest BCUT2D eigenvalue weighted by Gasteiger charge is -2.09. The minimum absolute atomic E-state index is 0.00941. The van der Waals surface area contributed by atoms with E-state index in [1.54, 1.807) is 0 Å². The number of carbonyl (C=O) groups excluding carboxylic acids is 1. The van der Waals surface area contributed by atoms with Gasteiger partial charge in [-0.2, -0.15) is 0 Å². The number of amides is 1. The number of carboxylic acids is 1. The van der Waals surface area contributed by atoms with E-state index >= 15 is 0 Å². The average molecular weight is 331 g/mol. The maximum absolute atomic E-state index is 11.9. The van der Waals surface area contributed by atoms with Crippen LogP contribution in [-0.2, 0) is 6.42 Å². The Morgan fingerprint density at radius 3 is 2.54 bits per heavy atom. The number of furan rings is 1. The Kier molecular flexibility index (Phi) is 6.01. The first kappa shape index (κ1) is 17.6. The second-order valence-corrected chi connectivity index (χ2v) is 5.86. The summed E-state index contributed by atoms with van der Waals surface area (Å²) in [7, 11) is 0. The van der Waals surface area contributed by atoms with Crippen molar-refractivity contribution in [2.45, 2.75) is 20.3 Å². The van der Waals surface area contributed by atoms with Crippen molar-refractivity contribution in [3.63, 3.8) is 0 Å². The van der Waals surface area contributed by atoms with Gasteiger partial charge >= 0.3 is 5.97 Å². The number of carbonyl (C=O) groups is 2. The Labute approximate surface area is 140 Å². The normalized spacial score (nSPS) is 10.6. The van der Waals surface area contributed by atoms with Crippen LogP contribution in [0.1, 0.15) is 40.3 Å². The summed E-state index contributed by atoms with van der Waals surface area (Å²) in [6.07, 6.45) is 1.70. The Morgan fingerprint density at radius 1 is 1.25 bits per heavy atom. The van der Waals surface area contributed by atoms with Crippen LogP contribution < -0.4 is 10.1 Å². The summed E-state index contributed by atoms with van der Waals surface area (Å²) in [6.45, 7) is 5.29. The number of hydrogen-bond acceptors (Lipinski definition) is 4. The van der Waals surface area contributed by atoms with Crippen LogP contribution in [0.25, 0.3) is 0 Å². The van der Waals surface area contributed by atoms with Crippen LogP contribution in [0.4, 0.5) is 0 Å². The second-order valence-electron chi connectivity index (χ2n) is 5.86. The van der Waals surface area contributed by atoms with Gasteiger partial charge in [0.25, 0.3) is 5.91 Å². The van der Waals surface area contributed by atoms with Gasteiger partial charge in [0.05, 0.1) is 12.2 Å². The molecule has 24 heavy (non-hydrogen) atoms. The van der Waals surface area contributed by atoms with E-state index in [4.69, 9.17) is 14.3 Å². The molecule has 6 heteroatoms. The molecule has 0 saturated heterocycles. The van der Waals surface area contributed by atoms with Gasteiger partial charge in [-0.15, -0.1) is 0 Å². The molecular formula is C18H21NO5. The smallest absolute Gasteiger partial charge is 0.338 e. The van der Waals surface area contributed by atoms with Crippen LogP contribution in [0, 0.1) is 5.92 Å². The van der Waals surface area contributed by atoms with Crippen LogP contribution in [0.3, 0.4) is 0 Å². The van der Waals surface area contributed by atoms with Crippen LogP contribution >= 0.6 is 0 Å². The molecule has 1 aromatic heterocycles. The second kappa shape index (κ2) is 8.19. The average Bonchev–Trinajstić information content (AvgIpc) is 3.04. The molecule has 2 rings (SSSR count). The fourth-order valence-electron chi connectivity index (χ4n) is 1.99. The van der Waals surface area contributed by atoms with Gasteiger partial charge < -0.3 is 19.6 Å². The van der Waals surface area contributed by atoms with E-state index < -0.39 is 11.9 Å². The first-order chi connectivity index (χ1) is 11.5. The van der Waals surface area contributed by atoms with E-state index in [9.17, 15) is 9.59 Å². The van der Waals surface area contributed by atoms with Gasteiger partial charge in [-0.05, 0) is 30.0 Å². The van der Waals surface area contributed by atoms with Gasteiger partial charge in [0.2, 0.25) is 0 Å². The van der Waals surface area contributed by atoms with Crippen LogP contribution in [0.5, 0.6) is 5.75 Å². The molecule has 1 heterocycles. The maximum atomic E-state index is 11.9. The third-order valence-corrected chi connectivity index (χ3v) is 3.28. The van der Waals surface area contributed by atoms with E-state index in [1.165, 1.54) is 6.07 Å². The lowest BCUT2D eigenvalue weighted by molar-refractivity contribution is 0.0695. The number of nitrogens with one attached hydrogen (secondary N) is 1. The summed E-state index contributed by atoms with van der Waals surface area (Å²) in [5.74, 6) is -0.266. The summed E-state index contributed by atoms with van der Waals surface area (Å²) in [5, 5.41) is 11.5. The number of benzene rings is 1. The topological polar surface area (TPSA) is 88.8 Å². The first-order valence-corrected chi connectivity index (χ1v) is 7.77. The minimum Gasteiger partial charge on any atom is -0.493 e. The molecule has 0 aliphatic carbocycles. The fourth-order valence-corrected chi connectivity index (χ4v) is 1.99. The van der Waals surface area contributed by atoms with Gasteiger partial charge in [-0.25, -0.2) is 4.79 Å². The predicted molar refractivity (Wildman–Crippen MR) is 88.5 cm³/mol. The molecule has 0 unspecified atom stereocenters. The molecule has 128 valence electrons. The molecule has 0 bridgehead atoms. The highest BCUT2D eigenvalue weighted by molar-refractivity contribution is 5.95. The molecule has 2 aromatic rings. The van der Waals surface area contributed by atoms with Crippen molar-refractivity contribution in [3.05, 3.63) is 53.5 Å². The molecule has 1 aromatic carbocycles. The number of hydrogen-bond donors (Lipinski definition) is 2. The summed E-state index contributed by atoms with van der Waals surface area (Å²) in [4.78, 5) is 22.6. The molecule has 0 radical (unpaired) electrons. The molecule has 0 aliphatic heterocycles. The molecule has 0 fully saturated rings. The highest BCUT2D eigenvalue weighted by Crippen LogP contribution is 2.13. The highest BCUT2D eigenvalue weighted by Gasteiger charge is 2.14. The number of ether oxygens (including phenoxy) is 1. The third-order valence-electron chi connectivity index (χ3n) is 3.28. The summed E-state index contributed by atoms with van der Waals surface area (Å²) in [5.41, 5.74) is 1.02. The quantitative estimate of drug-likeness (QED) is 0.776. The van der Waals surface area contributed by atoms with Crippen LogP contribution in [0.15, 0.2) is 41.0 Å². The van der Waals surface area contributed by atoms with E-state index in [0.717, 1.165) is 17.6 Å². The van der Waals surface area contributed by atoms with Crippen molar-refractivity contribution >= 4 is 11.9 Å². The Hall–Kier alpha value is -2.76. The van der Waals surface area contributed by atoms with Crippen molar-refractivity contribution in [1.82, 2.24) is 5.32 Å². The molecular weight excluding hydrogens is 310 g/mol. The Balaban J connectivity index is 1.78. The van der Waals surface area contributed by atoms with Crippen molar-refractivity contribution in [2.75, 3.05) is 13.2 Å². The summed E-state index contributed by atoms with van der Waals surface area (Å²) >= 11 is 0. The number of rotatable bonds is 8. The molecule has 0 atom stereocenters. The number of aromatic carboxylic acids is 1. The monoisotopic (exact) mass is 331 g/mol. The Morgan fingerprint density at radius 2 is 1.96 bits per heavy atom. The zero-order chi connectivity index (χ0) is 17.5. The van der Waals surface area contributed by atoms with E-state index in [-0.39, 0.29) is 11.3 Å². The van der Waals surface area contributed by atoms with E-state index in [0.29, 0.717) is 25.5 Å². The molecule has 1 amide bonds. The van der Waals surface area contributed by atoms with Gasteiger partial charge in [-0.1, -0.05) is 26.0 Å². The number of carboxylic acid groups (broad SMARTS) is 1. The molecule has 0 saturated carbocycles. The largest absolute Gasteiger partial charge is 0.493 e. The van der Waals surface area contributed by atoms with Crippen molar-refractivity contribution in [3.8, 4) is 5.75 Å². The van der Waals surface area contributed by atoms with E-state index in [2.05, 4.69) is 19.2 Å². The molecule has 0 aliphatic rings. The zero-order valence-electron chi connectivity index (χ0n) is 13.7. The van der Waals surface area contributed by atoms with Gasteiger partial charge in [0.1, 0.15) is 12.0 Å². The van der Waals surface area contributed by atoms with Crippen LogP contribution in [0.2, 0.25) is 0 Å². The van der Waals surface area contributed by atoms with Gasteiger partial charge in [-0.3, -0.25) is 4.79 Å². The fraction of sp³-hybridized carbons (Fsp3) is 0.333. The highest BCUT2D eigenvalue weighted by atomic mass is 16.5. The van der Waals surface area contributed by atoms with Crippen molar-refractivity contribution in [1.29, 1.82) is 0 Å². The van der Waals surface area contributed by atoms with Crippen molar-refractivity contribution < 1.29 is 23.8 Å². The zero-order valence-corrected chi connectivity index (χ0v) is 13.7. The lowest BCUT2D eigenvalue weighted by Crippen LogP contribution is -2.25. The summed E-state index contributed by atoms with van der Waals surface area (Å²) in [6, 6.07) is 8.93. The third kappa shape index (κ3) is 5.15. The Bertz CT molecular complexity index is 688. The molecule has 0 spiro atoms. The molecule has 6 nitrogen and oxygen atoms in total. The minimum atomic E-state index is -1.13.